The molecule has 0 radical (unpaired) electrons. The zero-order chi connectivity index (χ0) is 17.1. The van der Waals surface area contributed by atoms with Gasteiger partial charge in [0.2, 0.25) is 0 Å². The van der Waals surface area contributed by atoms with Gasteiger partial charge < -0.3 is 20.7 Å². The molecule has 0 saturated heterocycles. The molecule has 1 aliphatic heterocycles. The molecule has 3 amide bonds. The normalized spacial score (nSPS) is 16.5. The fourth-order valence-electron chi connectivity index (χ4n) is 2.50. The summed E-state index contributed by atoms with van der Waals surface area (Å²) in [5, 5.41) is 2.78. The molecule has 0 spiro atoms. The maximum atomic E-state index is 12.6. The summed E-state index contributed by atoms with van der Waals surface area (Å²) in [6.07, 6.45) is 1.41. The summed E-state index contributed by atoms with van der Waals surface area (Å²) in [6, 6.07) is 10.4. The molecule has 2 heterocycles. The number of carbonyl (C=O) groups excluding carboxylic acids is 2. The summed E-state index contributed by atoms with van der Waals surface area (Å²) < 4.78 is 5.75. The summed E-state index contributed by atoms with van der Waals surface area (Å²) in [6.45, 7) is 2.80. The maximum Gasteiger partial charge on any atom is 0.322 e. The smallest absolute Gasteiger partial charge is 0.322 e. The van der Waals surface area contributed by atoms with E-state index in [9.17, 15) is 9.59 Å². The Bertz CT molecular complexity index is 761. The second-order valence-electron chi connectivity index (χ2n) is 5.62. The van der Waals surface area contributed by atoms with Gasteiger partial charge in [0.05, 0.1) is 24.5 Å². The maximum absolute atomic E-state index is 12.6. The molecule has 0 fully saturated rings. The second kappa shape index (κ2) is 6.57. The Hall–Kier alpha value is -3.09. The highest BCUT2D eigenvalue weighted by Gasteiger charge is 2.25. The van der Waals surface area contributed by atoms with Crippen molar-refractivity contribution < 1.29 is 14.3 Å². The number of anilines is 1. The highest BCUT2D eigenvalue weighted by molar-refractivity contribution is 5.92. The number of benzene rings is 1. The first-order valence-electron chi connectivity index (χ1n) is 7.59. The van der Waals surface area contributed by atoms with Crippen LogP contribution in [0.25, 0.3) is 0 Å². The molecule has 3 rings (SSSR count). The number of nitrogens with two attached hydrogens (primary N) is 1. The van der Waals surface area contributed by atoms with Crippen LogP contribution in [0.4, 0.5) is 10.5 Å². The van der Waals surface area contributed by atoms with Crippen LogP contribution in [0.5, 0.6) is 5.75 Å². The number of fused-ring (bicyclic) bond motifs is 1. The number of carbonyl (C=O) groups is 2. The molecule has 7 heteroatoms. The van der Waals surface area contributed by atoms with Gasteiger partial charge in [0, 0.05) is 5.56 Å². The molecule has 1 aliphatic rings. The van der Waals surface area contributed by atoms with Gasteiger partial charge in [-0.2, -0.15) is 0 Å². The number of nitrogens with zero attached hydrogens (tertiary/aromatic N) is 2. The SMILES string of the molecule is C[C@@H]1COc2ccccc2CN1C(=O)Nc1ccc(C(N)=O)nc1. The monoisotopic (exact) mass is 326 g/mol. The van der Waals surface area contributed by atoms with Gasteiger partial charge >= 0.3 is 6.03 Å². The first-order chi connectivity index (χ1) is 11.5. The predicted octanol–water partition coefficient (Wildman–Crippen LogP) is 2.00. The summed E-state index contributed by atoms with van der Waals surface area (Å²) in [5.41, 5.74) is 6.76. The lowest BCUT2D eigenvalue weighted by Crippen LogP contribution is -2.42. The Kier molecular flexibility index (Phi) is 4.33. The predicted molar refractivity (Wildman–Crippen MR) is 88.7 cm³/mol. The molecule has 3 N–H and O–H groups in total. The van der Waals surface area contributed by atoms with Gasteiger partial charge in [0.25, 0.3) is 5.91 Å². The van der Waals surface area contributed by atoms with E-state index in [1.165, 1.54) is 12.3 Å². The Morgan fingerprint density at radius 1 is 1.29 bits per heavy atom. The molecule has 1 aromatic carbocycles. The molecule has 0 saturated carbocycles. The van der Waals surface area contributed by atoms with Crippen molar-refractivity contribution >= 4 is 17.6 Å². The number of para-hydroxylation sites is 1. The first kappa shape index (κ1) is 15.8. The lowest BCUT2D eigenvalue weighted by Gasteiger charge is -2.26. The summed E-state index contributed by atoms with van der Waals surface area (Å²) >= 11 is 0. The Balaban J connectivity index is 1.75. The van der Waals surface area contributed by atoms with Crippen molar-refractivity contribution in [3.05, 3.63) is 53.9 Å². The van der Waals surface area contributed by atoms with Gasteiger partial charge in [-0.15, -0.1) is 0 Å². The highest BCUT2D eigenvalue weighted by atomic mass is 16.5. The van der Waals surface area contributed by atoms with Crippen molar-refractivity contribution in [3.8, 4) is 5.75 Å². The lowest BCUT2D eigenvalue weighted by molar-refractivity contribution is 0.0995. The van der Waals surface area contributed by atoms with Crippen LogP contribution in [0.2, 0.25) is 0 Å². The molecule has 1 atom stereocenters. The van der Waals surface area contributed by atoms with Crippen molar-refractivity contribution in [2.45, 2.75) is 19.5 Å². The molecule has 124 valence electrons. The van der Waals surface area contributed by atoms with Crippen LogP contribution in [0.15, 0.2) is 42.6 Å². The largest absolute Gasteiger partial charge is 0.491 e. The van der Waals surface area contributed by atoms with E-state index in [4.69, 9.17) is 10.5 Å². The summed E-state index contributed by atoms with van der Waals surface area (Å²) in [5.74, 6) is 0.190. The van der Waals surface area contributed by atoms with Gasteiger partial charge in [-0.3, -0.25) is 4.79 Å². The molecule has 0 aliphatic carbocycles. The van der Waals surface area contributed by atoms with Gasteiger partial charge in [0.15, 0.2) is 0 Å². The zero-order valence-electron chi connectivity index (χ0n) is 13.2. The van der Waals surface area contributed by atoms with E-state index in [1.54, 1.807) is 11.0 Å². The first-order valence-corrected chi connectivity index (χ1v) is 7.59. The molecular formula is C17H18N4O3. The van der Waals surface area contributed by atoms with E-state index in [-0.39, 0.29) is 17.8 Å². The Labute approximate surface area is 139 Å². The van der Waals surface area contributed by atoms with Crippen LogP contribution in [0.1, 0.15) is 23.0 Å². The van der Waals surface area contributed by atoms with Crippen molar-refractivity contribution in [2.75, 3.05) is 11.9 Å². The van der Waals surface area contributed by atoms with Crippen molar-refractivity contribution in [2.24, 2.45) is 5.73 Å². The number of hydrogen-bond donors (Lipinski definition) is 2. The van der Waals surface area contributed by atoms with Crippen LogP contribution >= 0.6 is 0 Å². The lowest BCUT2D eigenvalue weighted by atomic mass is 10.2. The van der Waals surface area contributed by atoms with E-state index in [1.807, 2.05) is 31.2 Å². The van der Waals surface area contributed by atoms with E-state index >= 15 is 0 Å². The molecule has 2 aromatic rings. The summed E-state index contributed by atoms with van der Waals surface area (Å²) in [4.78, 5) is 29.2. The van der Waals surface area contributed by atoms with Gasteiger partial charge in [-0.1, -0.05) is 18.2 Å². The van der Waals surface area contributed by atoms with Crippen LogP contribution < -0.4 is 15.8 Å². The second-order valence-corrected chi connectivity index (χ2v) is 5.62. The minimum atomic E-state index is -0.609. The highest BCUT2D eigenvalue weighted by Crippen LogP contribution is 2.25. The van der Waals surface area contributed by atoms with E-state index in [2.05, 4.69) is 10.3 Å². The van der Waals surface area contributed by atoms with E-state index in [0.717, 1.165) is 11.3 Å². The average Bonchev–Trinajstić information content (AvgIpc) is 2.75. The molecule has 0 bridgehead atoms. The minimum Gasteiger partial charge on any atom is -0.491 e. The van der Waals surface area contributed by atoms with Gasteiger partial charge in [-0.25, -0.2) is 9.78 Å². The van der Waals surface area contributed by atoms with Crippen LogP contribution in [-0.2, 0) is 6.54 Å². The number of primary amides is 1. The topological polar surface area (TPSA) is 97.5 Å². The molecule has 1 aromatic heterocycles. The minimum absolute atomic E-state index is 0.0877. The third kappa shape index (κ3) is 3.29. The summed E-state index contributed by atoms with van der Waals surface area (Å²) in [7, 11) is 0. The number of aromatic nitrogens is 1. The van der Waals surface area contributed by atoms with Crippen LogP contribution in [0.3, 0.4) is 0 Å². The molecular weight excluding hydrogens is 308 g/mol. The number of hydrogen-bond acceptors (Lipinski definition) is 4. The molecule has 24 heavy (non-hydrogen) atoms. The number of nitrogens with one attached hydrogen (secondary N) is 1. The van der Waals surface area contributed by atoms with E-state index in [0.29, 0.717) is 18.8 Å². The van der Waals surface area contributed by atoms with Gasteiger partial charge in [0.1, 0.15) is 18.1 Å². The Morgan fingerprint density at radius 2 is 2.08 bits per heavy atom. The van der Waals surface area contributed by atoms with E-state index < -0.39 is 5.91 Å². The zero-order valence-corrected chi connectivity index (χ0v) is 13.2. The number of urea groups is 1. The standard InChI is InChI=1S/C17H18N4O3/c1-11-10-24-15-5-3-2-4-12(15)9-21(11)17(23)20-13-6-7-14(16(18)22)19-8-13/h2-8,11H,9-10H2,1H3,(H2,18,22)(H,20,23)/t11-/m1/s1. The van der Waals surface area contributed by atoms with Crippen molar-refractivity contribution in [1.82, 2.24) is 9.88 Å². The molecule has 0 unspecified atom stereocenters. The third-order valence-corrected chi connectivity index (χ3v) is 3.85. The number of amides is 3. The number of pyridine rings is 1. The number of rotatable bonds is 2. The van der Waals surface area contributed by atoms with Crippen LogP contribution in [0, 0.1) is 0 Å². The molecule has 7 nitrogen and oxygen atoms in total. The quantitative estimate of drug-likeness (QED) is 0.882. The fourth-order valence-corrected chi connectivity index (χ4v) is 2.50. The van der Waals surface area contributed by atoms with Gasteiger partial charge in [-0.05, 0) is 25.1 Å². The van der Waals surface area contributed by atoms with Crippen LogP contribution in [-0.4, -0.2) is 34.5 Å². The fraction of sp³-hybridized carbons (Fsp3) is 0.235. The van der Waals surface area contributed by atoms with Crippen molar-refractivity contribution in [3.63, 3.8) is 0 Å². The Morgan fingerprint density at radius 3 is 2.79 bits per heavy atom. The average molecular weight is 326 g/mol. The van der Waals surface area contributed by atoms with Crippen molar-refractivity contribution in [1.29, 1.82) is 0 Å². The third-order valence-electron chi connectivity index (χ3n) is 3.85. The number of ether oxygens (including phenoxy) is 1.